The Morgan fingerprint density at radius 3 is 2.37 bits per heavy atom. The van der Waals surface area contributed by atoms with E-state index in [4.69, 9.17) is 23.2 Å². The van der Waals surface area contributed by atoms with Crippen molar-refractivity contribution in [1.82, 2.24) is 9.97 Å². The van der Waals surface area contributed by atoms with Crippen molar-refractivity contribution in [3.05, 3.63) is 74.5 Å². The first-order valence-corrected chi connectivity index (χ1v) is 8.05. The van der Waals surface area contributed by atoms with Crippen LogP contribution >= 0.6 is 23.2 Å². The Morgan fingerprint density at radius 1 is 1.00 bits per heavy atom. The van der Waals surface area contributed by atoms with Gasteiger partial charge in [0.05, 0.1) is 20.7 Å². The van der Waals surface area contributed by atoms with Crippen LogP contribution in [0, 0.1) is 21.7 Å². The lowest BCUT2D eigenvalue weighted by Crippen LogP contribution is -2.06. The van der Waals surface area contributed by atoms with Gasteiger partial charge in [0, 0.05) is 11.8 Å². The molecule has 0 unspecified atom stereocenters. The van der Waals surface area contributed by atoms with E-state index in [2.05, 4.69) is 20.6 Å². The van der Waals surface area contributed by atoms with Gasteiger partial charge < -0.3 is 10.6 Å². The summed E-state index contributed by atoms with van der Waals surface area (Å²) < 4.78 is 26.4. The van der Waals surface area contributed by atoms with Crippen molar-refractivity contribution >= 4 is 51.9 Å². The number of halogens is 4. The minimum Gasteiger partial charge on any atom is -0.334 e. The quantitative estimate of drug-likeness (QED) is 0.427. The lowest BCUT2D eigenvalue weighted by atomic mass is 10.3. The third kappa shape index (κ3) is 4.04. The van der Waals surface area contributed by atoms with Crippen LogP contribution in [-0.2, 0) is 0 Å². The van der Waals surface area contributed by atoms with Crippen LogP contribution in [0.5, 0.6) is 0 Å². The Kier molecular flexibility index (Phi) is 5.33. The standard InChI is InChI=1S/C16H9Cl2F2N5O2/c17-9-2-1-3-12(13(9)18)24-16-14(25(26)27)15(21-7-22-16)23-8-4-5-10(19)11(20)6-8/h1-7H,(H2,21,22,23,24). The zero-order chi connectivity index (χ0) is 19.6. The Hall–Kier alpha value is -3.04. The van der Waals surface area contributed by atoms with E-state index in [0.29, 0.717) is 5.69 Å². The highest BCUT2D eigenvalue weighted by molar-refractivity contribution is 6.43. The second-order valence-electron chi connectivity index (χ2n) is 5.16. The lowest BCUT2D eigenvalue weighted by Gasteiger charge is -2.11. The number of nitrogens with one attached hydrogen (secondary N) is 2. The van der Waals surface area contributed by atoms with Crippen molar-refractivity contribution in [2.24, 2.45) is 0 Å². The molecule has 27 heavy (non-hydrogen) atoms. The highest BCUT2D eigenvalue weighted by Crippen LogP contribution is 2.36. The smallest absolute Gasteiger partial charge is 0.334 e. The SMILES string of the molecule is O=[N+]([O-])c1c(Nc2ccc(F)c(F)c2)ncnc1Nc1cccc(Cl)c1Cl. The highest BCUT2D eigenvalue weighted by atomic mass is 35.5. The summed E-state index contributed by atoms with van der Waals surface area (Å²) in [5.41, 5.74) is -0.148. The van der Waals surface area contributed by atoms with Crippen molar-refractivity contribution in [3.63, 3.8) is 0 Å². The van der Waals surface area contributed by atoms with Gasteiger partial charge in [0.2, 0.25) is 11.6 Å². The molecule has 0 aliphatic carbocycles. The zero-order valence-corrected chi connectivity index (χ0v) is 14.7. The van der Waals surface area contributed by atoms with E-state index in [9.17, 15) is 18.9 Å². The minimum atomic E-state index is -1.11. The predicted molar refractivity (Wildman–Crippen MR) is 98.1 cm³/mol. The Balaban J connectivity index is 2.01. The van der Waals surface area contributed by atoms with E-state index in [0.717, 1.165) is 18.5 Å². The molecule has 0 atom stereocenters. The van der Waals surface area contributed by atoms with Crippen LogP contribution in [0.15, 0.2) is 42.7 Å². The highest BCUT2D eigenvalue weighted by Gasteiger charge is 2.24. The van der Waals surface area contributed by atoms with Crippen molar-refractivity contribution in [2.75, 3.05) is 10.6 Å². The molecule has 7 nitrogen and oxygen atoms in total. The molecule has 0 aliphatic heterocycles. The molecule has 0 radical (unpaired) electrons. The molecule has 0 spiro atoms. The second kappa shape index (κ2) is 7.68. The summed E-state index contributed by atoms with van der Waals surface area (Å²) in [5.74, 6) is -2.54. The van der Waals surface area contributed by atoms with Gasteiger partial charge in [-0.2, -0.15) is 0 Å². The number of nitro groups is 1. The number of anilines is 4. The van der Waals surface area contributed by atoms with Crippen LogP contribution in [-0.4, -0.2) is 14.9 Å². The fourth-order valence-electron chi connectivity index (χ4n) is 2.17. The number of hydrogen-bond donors (Lipinski definition) is 2. The summed E-state index contributed by atoms with van der Waals surface area (Å²) in [6.07, 6.45) is 1.07. The van der Waals surface area contributed by atoms with Crippen molar-refractivity contribution in [1.29, 1.82) is 0 Å². The molecule has 0 aliphatic rings. The maximum atomic E-state index is 13.4. The van der Waals surface area contributed by atoms with Gasteiger partial charge in [-0.25, -0.2) is 18.7 Å². The summed E-state index contributed by atoms with van der Waals surface area (Å²) in [7, 11) is 0. The van der Waals surface area contributed by atoms with Crippen LogP contribution in [0.1, 0.15) is 0 Å². The van der Waals surface area contributed by atoms with Crippen molar-refractivity contribution in [2.45, 2.75) is 0 Å². The summed E-state index contributed by atoms with van der Waals surface area (Å²) in [4.78, 5) is 18.5. The second-order valence-corrected chi connectivity index (χ2v) is 5.94. The topological polar surface area (TPSA) is 93.0 Å². The van der Waals surface area contributed by atoms with E-state index in [1.165, 1.54) is 6.07 Å². The maximum absolute atomic E-state index is 13.4. The third-order valence-electron chi connectivity index (χ3n) is 3.39. The number of nitrogens with zero attached hydrogens (tertiary/aromatic N) is 3. The zero-order valence-electron chi connectivity index (χ0n) is 13.2. The molecule has 1 aromatic heterocycles. The van der Waals surface area contributed by atoms with Crippen LogP contribution in [0.25, 0.3) is 0 Å². The number of rotatable bonds is 5. The number of benzene rings is 2. The van der Waals surface area contributed by atoms with Crippen LogP contribution in [0.4, 0.5) is 37.5 Å². The molecular formula is C16H9Cl2F2N5O2. The monoisotopic (exact) mass is 411 g/mol. The summed E-state index contributed by atoms with van der Waals surface area (Å²) in [6, 6.07) is 7.66. The van der Waals surface area contributed by atoms with E-state index in [1.807, 2.05) is 0 Å². The molecule has 0 saturated carbocycles. The minimum absolute atomic E-state index is 0.0717. The molecule has 1 heterocycles. The molecule has 0 bridgehead atoms. The van der Waals surface area contributed by atoms with Gasteiger partial charge in [0.15, 0.2) is 11.6 Å². The van der Waals surface area contributed by atoms with Gasteiger partial charge in [-0.15, -0.1) is 0 Å². The summed E-state index contributed by atoms with van der Waals surface area (Å²) in [5, 5.41) is 17.3. The van der Waals surface area contributed by atoms with Gasteiger partial charge in [0.1, 0.15) is 6.33 Å². The van der Waals surface area contributed by atoms with Gasteiger partial charge in [-0.3, -0.25) is 10.1 Å². The average Bonchev–Trinajstić information content (AvgIpc) is 2.62. The molecule has 0 amide bonds. The van der Waals surface area contributed by atoms with Crippen LogP contribution < -0.4 is 10.6 Å². The van der Waals surface area contributed by atoms with Gasteiger partial charge in [-0.05, 0) is 24.3 Å². The predicted octanol–water partition coefficient (Wildman–Crippen LogP) is 5.46. The summed E-state index contributed by atoms with van der Waals surface area (Å²) >= 11 is 12.0. The normalized spacial score (nSPS) is 10.5. The van der Waals surface area contributed by atoms with Gasteiger partial charge in [-0.1, -0.05) is 29.3 Å². The van der Waals surface area contributed by atoms with Crippen molar-refractivity contribution in [3.8, 4) is 0 Å². The molecular weight excluding hydrogens is 403 g/mol. The molecule has 3 rings (SSSR count). The van der Waals surface area contributed by atoms with Crippen molar-refractivity contribution < 1.29 is 13.7 Å². The molecule has 0 fully saturated rings. The number of hydrogen-bond acceptors (Lipinski definition) is 6. The Bertz CT molecular complexity index is 1040. The largest absolute Gasteiger partial charge is 0.353 e. The van der Waals surface area contributed by atoms with E-state index in [1.54, 1.807) is 18.2 Å². The van der Waals surface area contributed by atoms with Gasteiger partial charge >= 0.3 is 5.69 Å². The molecule has 2 aromatic carbocycles. The van der Waals surface area contributed by atoms with Crippen LogP contribution in [0.3, 0.4) is 0 Å². The first-order valence-electron chi connectivity index (χ1n) is 7.29. The van der Waals surface area contributed by atoms with E-state index < -0.39 is 22.2 Å². The van der Waals surface area contributed by atoms with Gasteiger partial charge in [0.25, 0.3) is 0 Å². The Labute approximate surface area is 161 Å². The number of aromatic nitrogens is 2. The third-order valence-corrected chi connectivity index (χ3v) is 4.21. The first kappa shape index (κ1) is 18.7. The molecule has 138 valence electrons. The van der Waals surface area contributed by atoms with E-state index >= 15 is 0 Å². The fraction of sp³-hybridized carbons (Fsp3) is 0. The lowest BCUT2D eigenvalue weighted by molar-refractivity contribution is -0.383. The molecule has 11 heteroatoms. The molecule has 2 N–H and O–H groups in total. The molecule has 0 saturated heterocycles. The Morgan fingerprint density at radius 2 is 1.70 bits per heavy atom. The maximum Gasteiger partial charge on any atom is 0.353 e. The summed E-state index contributed by atoms with van der Waals surface area (Å²) in [6.45, 7) is 0. The van der Waals surface area contributed by atoms with E-state index in [-0.39, 0.29) is 27.4 Å². The fourth-order valence-corrected chi connectivity index (χ4v) is 2.52. The van der Waals surface area contributed by atoms with Crippen LogP contribution in [0.2, 0.25) is 10.0 Å². The average molecular weight is 412 g/mol. The first-order chi connectivity index (χ1) is 12.9. The molecule has 3 aromatic rings.